The number of anilines is 1. The number of carbonyl (C=O) groups excluding carboxylic acids is 1. The van der Waals surface area contributed by atoms with Gasteiger partial charge in [0.25, 0.3) is 0 Å². The Labute approximate surface area is 185 Å². The van der Waals surface area contributed by atoms with Crippen molar-refractivity contribution in [1.29, 1.82) is 0 Å². The molecular weight excluding hydrogens is 454 g/mol. The number of aromatic nitrogens is 4. The van der Waals surface area contributed by atoms with Crippen LogP contribution in [0.5, 0.6) is 0 Å². The number of rotatable bonds is 7. The molecule has 1 aromatic carbocycles. The molecule has 164 valence electrons. The van der Waals surface area contributed by atoms with Crippen molar-refractivity contribution < 1.29 is 18.0 Å². The Morgan fingerprint density at radius 3 is 2.65 bits per heavy atom. The summed E-state index contributed by atoms with van der Waals surface area (Å²) in [4.78, 5) is 12.3. The molecule has 0 aliphatic heterocycles. The summed E-state index contributed by atoms with van der Waals surface area (Å²) in [6, 6.07) is 6.34. The van der Waals surface area contributed by atoms with Crippen LogP contribution in [-0.4, -0.2) is 25.5 Å². The van der Waals surface area contributed by atoms with Crippen LogP contribution in [0.2, 0.25) is 10.0 Å². The standard InChI is InChI=1S/C20H18Cl2F3N5O/c21-15-4-1-12(7-16(15)22)10-29-11-14(9-26-29)27-19(31)5-6-30-17(13-2-3-13)8-18(28-30)20(23,24)25/h1,4,7-9,11,13H,2-3,5-6,10H2,(H,27,31). The van der Waals surface area contributed by atoms with E-state index >= 15 is 0 Å². The topological polar surface area (TPSA) is 64.7 Å². The van der Waals surface area contributed by atoms with Gasteiger partial charge in [-0.15, -0.1) is 0 Å². The molecular formula is C20H18Cl2F3N5O. The second-order valence-electron chi connectivity index (χ2n) is 7.42. The average Bonchev–Trinajstić information content (AvgIpc) is 3.29. The van der Waals surface area contributed by atoms with Crippen molar-refractivity contribution in [2.75, 3.05) is 5.32 Å². The lowest BCUT2D eigenvalue weighted by molar-refractivity contribution is -0.141. The molecule has 0 spiro atoms. The van der Waals surface area contributed by atoms with E-state index < -0.39 is 11.9 Å². The number of hydrogen-bond acceptors (Lipinski definition) is 3. The molecule has 0 unspecified atom stereocenters. The molecule has 0 atom stereocenters. The highest BCUT2D eigenvalue weighted by Crippen LogP contribution is 2.42. The fraction of sp³-hybridized carbons (Fsp3) is 0.350. The summed E-state index contributed by atoms with van der Waals surface area (Å²) >= 11 is 11.9. The van der Waals surface area contributed by atoms with Crippen LogP contribution < -0.4 is 5.32 Å². The van der Waals surface area contributed by atoms with Crippen LogP contribution in [0.3, 0.4) is 0 Å². The summed E-state index contributed by atoms with van der Waals surface area (Å²) in [6.07, 6.45) is 0.337. The summed E-state index contributed by atoms with van der Waals surface area (Å²) in [5.41, 5.74) is 0.999. The second kappa shape index (κ2) is 8.55. The number of carbonyl (C=O) groups is 1. The maximum absolute atomic E-state index is 13.0. The first-order valence-electron chi connectivity index (χ1n) is 9.60. The Balaban J connectivity index is 1.34. The molecule has 11 heteroatoms. The molecule has 2 heterocycles. The van der Waals surface area contributed by atoms with Gasteiger partial charge in [0.2, 0.25) is 5.91 Å². The van der Waals surface area contributed by atoms with Crippen molar-refractivity contribution in [2.45, 2.75) is 44.4 Å². The highest BCUT2D eigenvalue weighted by atomic mass is 35.5. The van der Waals surface area contributed by atoms with E-state index in [4.69, 9.17) is 23.2 Å². The van der Waals surface area contributed by atoms with Crippen molar-refractivity contribution in [3.05, 3.63) is 63.7 Å². The fourth-order valence-corrected chi connectivity index (χ4v) is 3.55. The smallest absolute Gasteiger partial charge is 0.323 e. The van der Waals surface area contributed by atoms with E-state index in [2.05, 4.69) is 15.5 Å². The van der Waals surface area contributed by atoms with Crippen LogP contribution in [0.1, 0.15) is 42.1 Å². The Morgan fingerprint density at radius 1 is 1.19 bits per heavy atom. The van der Waals surface area contributed by atoms with Gasteiger partial charge in [-0.1, -0.05) is 29.3 Å². The predicted octanol–water partition coefficient (Wildman–Crippen LogP) is 5.36. The van der Waals surface area contributed by atoms with Crippen LogP contribution >= 0.6 is 23.2 Å². The number of halogens is 5. The van der Waals surface area contributed by atoms with Crippen molar-refractivity contribution in [3.63, 3.8) is 0 Å². The normalized spacial score (nSPS) is 14.1. The number of amides is 1. The van der Waals surface area contributed by atoms with Crippen LogP contribution in [-0.2, 0) is 24.1 Å². The minimum absolute atomic E-state index is 0.00330. The first kappa shape index (κ1) is 21.7. The van der Waals surface area contributed by atoms with E-state index in [0.717, 1.165) is 24.5 Å². The number of aryl methyl sites for hydroxylation is 1. The maximum Gasteiger partial charge on any atom is 0.435 e. The third kappa shape index (κ3) is 5.40. The van der Waals surface area contributed by atoms with Gasteiger partial charge in [-0.2, -0.15) is 23.4 Å². The summed E-state index contributed by atoms with van der Waals surface area (Å²) < 4.78 is 41.8. The summed E-state index contributed by atoms with van der Waals surface area (Å²) in [5.74, 6) is -0.244. The molecule has 4 rings (SSSR count). The lowest BCUT2D eigenvalue weighted by Crippen LogP contribution is -2.16. The maximum atomic E-state index is 13.0. The van der Waals surface area contributed by atoms with Gasteiger partial charge in [-0.3, -0.25) is 14.2 Å². The molecule has 2 aromatic heterocycles. The monoisotopic (exact) mass is 471 g/mol. The molecule has 1 saturated carbocycles. The van der Waals surface area contributed by atoms with Crippen molar-refractivity contribution in [2.24, 2.45) is 0 Å². The van der Waals surface area contributed by atoms with Gasteiger partial charge in [0.05, 0.1) is 28.5 Å². The van der Waals surface area contributed by atoms with Crippen molar-refractivity contribution in [1.82, 2.24) is 19.6 Å². The molecule has 1 aliphatic carbocycles. The second-order valence-corrected chi connectivity index (χ2v) is 8.24. The van der Waals surface area contributed by atoms with Gasteiger partial charge >= 0.3 is 6.18 Å². The van der Waals surface area contributed by atoms with Crippen molar-refractivity contribution in [3.8, 4) is 0 Å². The highest BCUT2D eigenvalue weighted by Gasteiger charge is 2.37. The Bertz CT molecular complexity index is 1100. The first-order chi connectivity index (χ1) is 14.7. The van der Waals surface area contributed by atoms with Gasteiger partial charge in [0.1, 0.15) is 0 Å². The van der Waals surface area contributed by atoms with Crippen LogP contribution in [0.15, 0.2) is 36.7 Å². The zero-order valence-corrected chi connectivity index (χ0v) is 17.7. The highest BCUT2D eigenvalue weighted by molar-refractivity contribution is 6.42. The van der Waals surface area contributed by atoms with Crippen LogP contribution in [0, 0.1) is 0 Å². The Kier molecular flexibility index (Phi) is 5.98. The Morgan fingerprint density at radius 2 is 1.97 bits per heavy atom. The number of benzene rings is 1. The zero-order valence-electron chi connectivity index (χ0n) is 16.2. The molecule has 1 aliphatic rings. The number of nitrogens with zero attached hydrogens (tertiary/aromatic N) is 4. The minimum Gasteiger partial charge on any atom is -0.323 e. The largest absolute Gasteiger partial charge is 0.435 e. The molecule has 1 N–H and O–H groups in total. The Hall–Kier alpha value is -2.52. The van der Waals surface area contributed by atoms with E-state index in [1.54, 1.807) is 23.0 Å². The third-order valence-corrected chi connectivity index (χ3v) is 5.63. The number of nitrogens with one attached hydrogen (secondary N) is 1. The SMILES string of the molecule is O=C(CCn1nc(C(F)(F)F)cc1C1CC1)Nc1cnn(Cc2ccc(Cl)c(Cl)c2)c1. The van der Waals surface area contributed by atoms with Gasteiger partial charge in [0, 0.05) is 30.8 Å². The molecule has 0 saturated heterocycles. The summed E-state index contributed by atoms with van der Waals surface area (Å²) in [7, 11) is 0. The van der Waals surface area contributed by atoms with Gasteiger partial charge in [-0.25, -0.2) is 0 Å². The molecule has 0 bridgehead atoms. The van der Waals surface area contributed by atoms with Gasteiger partial charge in [-0.05, 0) is 36.6 Å². The van der Waals surface area contributed by atoms with E-state index in [9.17, 15) is 18.0 Å². The quantitative estimate of drug-likeness (QED) is 0.504. The van der Waals surface area contributed by atoms with Crippen LogP contribution in [0.4, 0.5) is 18.9 Å². The third-order valence-electron chi connectivity index (χ3n) is 4.89. The van der Waals surface area contributed by atoms with E-state index in [1.165, 1.54) is 10.9 Å². The summed E-state index contributed by atoms with van der Waals surface area (Å²) in [5, 5.41) is 11.5. The van der Waals surface area contributed by atoms with Crippen LogP contribution in [0.25, 0.3) is 0 Å². The lowest BCUT2D eigenvalue weighted by Gasteiger charge is -2.07. The summed E-state index contributed by atoms with van der Waals surface area (Å²) in [6.45, 7) is 0.510. The molecule has 1 fully saturated rings. The number of alkyl halides is 3. The fourth-order valence-electron chi connectivity index (χ4n) is 3.23. The minimum atomic E-state index is -4.50. The molecule has 0 radical (unpaired) electrons. The van der Waals surface area contributed by atoms with E-state index in [-0.39, 0.29) is 24.8 Å². The zero-order chi connectivity index (χ0) is 22.2. The first-order valence-corrected chi connectivity index (χ1v) is 10.4. The number of hydrogen-bond donors (Lipinski definition) is 1. The van der Waals surface area contributed by atoms with Crippen molar-refractivity contribution >= 4 is 34.8 Å². The molecule has 6 nitrogen and oxygen atoms in total. The predicted molar refractivity (Wildman–Crippen MR) is 110 cm³/mol. The van der Waals surface area contributed by atoms with Gasteiger partial charge in [0.15, 0.2) is 5.69 Å². The van der Waals surface area contributed by atoms with E-state index in [0.29, 0.717) is 28.0 Å². The molecule has 1 amide bonds. The molecule has 31 heavy (non-hydrogen) atoms. The van der Waals surface area contributed by atoms with Gasteiger partial charge < -0.3 is 5.32 Å². The van der Waals surface area contributed by atoms with E-state index in [1.807, 2.05) is 6.07 Å². The lowest BCUT2D eigenvalue weighted by atomic mass is 10.2. The average molecular weight is 472 g/mol. The molecule has 3 aromatic rings.